The molecule has 1 aliphatic carbocycles. The number of hydrogen-bond donors (Lipinski definition) is 1. The number of hydrogen-bond acceptors (Lipinski definition) is 5. The van der Waals surface area contributed by atoms with Crippen molar-refractivity contribution in [1.29, 1.82) is 0 Å². The second kappa shape index (κ2) is 8.77. The summed E-state index contributed by atoms with van der Waals surface area (Å²) in [5.41, 5.74) is 0.901. The van der Waals surface area contributed by atoms with E-state index in [1.165, 1.54) is 36.4 Å². The molecular weight excluding hydrogens is 425 g/mol. The number of ether oxygens (including phenoxy) is 1. The lowest BCUT2D eigenvalue weighted by Gasteiger charge is -2.18. The molecule has 0 bridgehead atoms. The van der Waals surface area contributed by atoms with Crippen LogP contribution in [0, 0.1) is 5.82 Å². The summed E-state index contributed by atoms with van der Waals surface area (Å²) in [5.74, 6) is -0.880. The van der Waals surface area contributed by atoms with Crippen molar-refractivity contribution in [1.82, 2.24) is 14.9 Å². The molecule has 170 valence electrons. The molecule has 2 heterocycles. The summed E-state index contributed by atoms with van der Waals surface area (Å²) in [6.45, 7) is 0.649. The van der Waals surface area contributed by atoms with E-state index in [4.69, 9.17) is 4.74 Å². The van der Waals surface area contributed by atoms with Gasteiger partial charge >= 0.3 is 5.97 Å². The fourth-order valence-electron chi connectivity index (χ4n) is 4.14. The topological polar surface area (TPSA) is 90.3 Å². The van der Waals surface area contributed by atoms with Crippen molar-refractivity contribution < 1.29 is 18.7 Å². The SMILES string of the molecule is O=C(OC(C(=O)NC1CC1)c1ccc(F)cc1)c1ccc2c(=O)n3c(nc2c1)CCCCC3. The lowest BCUT2D eigenvalue weighted by atomic mass is 10.1. The number of benzene rings is 2. The third-order valence-electron chi connectivity index (χ3n) is 6.11. The molecule has 2 aliphatic rings. The summed E-state index contributed by atoms with van der Waals surface area (Å²) >= 11 is 0. The Balaban J connectivity index is 1.45. The number of esters is 1. The molecule has 1 aromatic heterocycles. The Labute approximate surface area is 189 Å². The molecule has 1 amide bonds. The molecule has 1 aliphatic heterocycles. The highest BCUT2D eigenvalue weighted by Crippen LogP contribution is 2.25. The van der Waals surface area contributed by atoms with E-state index in [2.05, 4.69) is 10.3 Å². The van der Waals surface area contributed by atoms with Crippen molar-refractivity contribution in [3.63, 3.8) is 0 Å². The van der Waals surface area contributed by atoms with E-state index in [1.54, 1.807) is 10.6 Å². The second-order valence-corrected chi connectivity index (χ2v) is 8.65. The Morgan fingerprint density at radius 3 is 2.64 bits per heavy atom. The molecule has 8 heteroatoms. The van der Waals surface area contributed by atoms with Gasteiger partial charge in [0.25, 0.3) is 11.5 Å². The first-order chi connectivity index (χ1) is 16.0. The Kier molecular flexibility index (Phi) is 5.66. The minimum absolute atomic E-state index is 0.0762. The van der Waals surface area contributed by atoms with Crippen LogP contribution in [0.1, 0.15) is 60.0 Å². The Bertz CT molecular complexity index is 1280. The van der Waals surface area contributed by atoms with Crippen LogP contribution in [0.5, 0.6) is 0 Å². The predicted molar refractivity (Wildman–Crippen MR) is 119 cm³/mol. The summed E-state index contributed by atoms with van der Waals surface area (Å²) in [6.07, 6.45) is 4.23. The second-order valence-electron chi connectivity index (χ2n) is 8.65. The van der Waals surface area contributed by atoms with Gasteiger partial charge in [-0.3, -0.25) is 14.2 Å². The van der Waals surface area contributed by atoms with Crippen LogP contribution in [0.3, 0.4) is 0 Å². The smallest absolute Gasteiger partial charge is 0.339 e. The molecule has 0 spiro atoms. The van der Waals surface area contributed by atoms with Crippen molar-refractivity contribution >= 4 is 22.8 Å². The predicted octanol–water partition coefficient (Wildman–Crippen LogP) is 3.44. The fraction of sp³-hybridized carbons (Fsp3) is 0.360. The van der Waals surface area contributed by atoms with Gasteiger partial charge in [0, 0.05) is 24.6 Å². The molecule has 1 fully saturated rings. The van der Waals surface area contributed by atoms with E-state index in [1.807, 2.05) is 0 Å². The summed E-state index contributed by atoms with van der Waals surface area (Å²) in [7, 11) is 0. The van der Waals surface area contributed by atoms with Crippen molar-refractivity contribution in [2.75, 3.05) is 0 Å². The molecule has 7 nitrogen and oxygen atoms in total. The quantitative estimate of drug-likeness (QED) is 0.603. The number of halogens is 1. The highest BCUT2D eigenvalue weighted by Gasteiger charge is 2.31. The third kappa shape index (κ3) is 4.51. The maximum atomic E-state index is 13.4. The van der Waals surface area contributed by atoms with Crippen LogP contribution in [-0.4, -0.2) is 27.5 Å². The van der Waals surface area contributed by atoms with Crippen LogP contribution in [-0.2, 0) is 22.5 Å². The van der Waals surface area contributed by atoms with Gasteiger partial charge < -0.3 is 10.1 Å². The van der Waals surface area contributed by atoms with Gasteiger partial charge in [-0.15, -0.1) is 0 Å². The first-order valence-electron chi connectivity index (χ1n) is 11.3. The monoisotopic (exact) mass is 449 g/mol. The van der Waals surface area contributed by atoms with Gasteiger partial charge in [0.05, 0.1) is 16.5 Å². The molecule has 5 rings (SSSR count). The van der Waals surface area contributed by atoms with E-state index in [9.17, 15) is 18.8 Å². The normalized spacial score (nSPS) is 16.5. The summed E-state index contributed by atoms with van der Waals surface area (Å²) in [6, 6.07) is 10.0. The molecule has 1 unspecified atom stereocenters. The Morgan fingerprint density at radius 2 is 1.88 bits per heavy atom. The van der Waals surface area contributed by atoms with E-state index < -0.39 is 23.8 Å². The van der Waals surface area contributed by atoms with Gasteiger partial charge in [-0.05, 0) is 56.0 Å². The first kappa shape index (κ1) is 21.3. The van der Waals surface area contributed by atoms with E-state index >= 15 is 0 Å². The van der Waals surface area contributed by atoms with Gasteiger partial charge in [0.1, 0.15) is 11.6 Å². The van der Waals surface area contributed by atoms with Crippen LogP contribution in [0.2, 0.25) is 0 Å². The zero-order chi connectivity index (χ0) is 22.9. The standard InChI is InChI=1S/C25H24FN3O4/c26-17-8-5-15(6-9-17)22(23(30)27-18-10-11-18)33-25(32)16-7-12-19-20(14-16)28-21-4-2-1-3-13-29(21)24(19)31/h5-9,12,14,18,22H,1-4,10-11,13H2,(H,27,30). The number of aromatic nitrogens is 2. The van der Waals surface area contributed by atoms with Crippen LogP contribution < -0.4 is 10.9 Å². The van der Waals surface area contributed by atoms with E-state index in [-0.39, 0.29) is 17.2 Å². The average Bonchev–Trinajstić information content (AvgIpc) is 3.65. The summed E-state index contributed by atoms with van der Waals surface area (Å²) in [4.78, 5) is 43.3. The van der Waals surface area contributed by atoms with Crippen LogP contribution in [0.25, 0.3) is 10.9 Å². The molecule has 3 aromatic rings. The third-order valence-corrected chi connectivity index (χ3v) is 6.11. The number of carbonyl (C=O) groups excluding carboxylic acids is 2. The van der Waals surface area contributed by atoms with Crippen molar-refractivity contribution in [3.8, 4) is 0 Å². The highest BCUT2D eigenvalue weighted by atomic mass is 19.1. The van der Waals surface area contributed by atoms with Crippen molar-refractivity contribution in [3.05, 3.63) is 75.6 Å². The van der Waals surface area contributed by atoms with Crippen molar-refractivity contribution in [2.45, 2.75) is 57.2 Å². The van der Waals surface area contributed by atoms with Crippen LogP contribution in [0.15, 0.2) is 47.3 Å². The molecule has 0 radical (unpaired) electrons. The number of amides is 1. The average molecular weight is 449 g/mol. The molecule has 0 saturated heterocycles. The summed E-state index contributed by atoms with van der Waals surface area (Å²) < 4.78 is 20.7. The Morgan fingerprint density at radius 1 is 1.09 bits per heavy atom. The van der Waals surface area contributed by atoms with Gasteiger partial charge in [0.2, 0.25) is 6.10 Å². The highest BCUT2D eigenvalue weighted by molar-refractivity contribution is 5.96. The molecule has 1 saturated carbocycles. The van der Waals surface area contributed by atoms with Gasteiger partial charge in [-0.2, -0.15) is 0 Å². The fourth-order valence-corrected chi connectivity index (χ4v) is 4.14. The molecule has 33 heavy (non-hydrogen) atoms. The molecule has 1 atom stereocenters. The first-order valence-corrected chi connectivity index (χ1v) is 11.3. The van der Waals surface area contributed by atoms with Crippen molar-refractivity contribution in [2.24, 2.45) is 0 Å². The summed E-state index contributed by atoms with van der Waals surface area (Å²) in [5, 5.41) is 3.28. The van der Waals surface area contributed by atoms with Gasteiger partial charge in [-0.1, -0.05) is 18.6 Å². The maximum absolute atomic E-state index is 13.4. The minimum atomic E-state index is -1.21. The van der Waals surface area contributed by atoms with Crippen LogP contribution >= 0.6 is 0 Å². The lowest BCUT2D eigenvalue weighted by molar-refractivity contribution is -0.130. The number of fused-ring (bicyclic) bond motifs is 2. The maximum Gasteiger partial charge on any atom is 0.339 e. The molecule has 2 aromatic carbocycles. The molecular formula is C25H24FN3O4. The number of nitrogens with zero attached hydrogens (tertiary/aromatic N) is 2. The van der Waals surface area contributed by atoms with Crippen LogP contribution in [0.4, 0.5) is 4.39 Å². The number of nitrogens with one attached hydrogen (secondary N) is 1. The Hall–Kier alpha value is -3.55. The zero-order valence-corrected chi connectivity index (χ0v) is 18.1. The van der Waals surface area contributed by atoms with Gasteiger partial charge in [-0.25, -0.2) is 14.2 Å². The largest absolute Gasteiger partial charge is 0.444 e. The number of aryl methyl sites for hydroxylation is 1. The number of rotatable bonds is 5. The minimum Gasteiger partial charge on any atom is -0.444 e. The lowest BCUT2D eigenvalue weighted by Crippen LogP contribution is -2.33. The molecule has 1 N–H and O–H groups in total. The zero-order valence-electron chi connectivity index (χ0n) is 18.1. The van der Waals surface area contributed by atoms with Gasteiger partial charge in [0.15, 0.2) is 0 Å². The number of carbonyl (C=O) groups is 2. The van der Waals surface area contributed by atoms with E-state index in [0.29, 0.717) is 29.4 Å². The van der Waals surface area contributed by atoms with E-state index in [0.717, 1.165) is 37.9 Å².